The minimum Gasteiger partial charge on any atom is -0.486 e. The molecule has 0 spiro atoms. The van der Waals surface area contributed by atoms with E-state index in [0.29, 0.717) is 35.3 Å². The number of ether oxygens (including phenoxy) is 2. The van der Waals surface area contributed by atoms with Crippen LogP contribution < -0.4 is 14.4 Å². The molecule has 0 bridgehead atoms. The Morgan fingerprint density at radius 3 is 2.63 bits per heavy atom. The number of fused-ring (bicyclic) bond motifs is 1. The minimum absolute atomic E-state index is 0.00389. The number of carbonyl (C=O) groups excluding carboxylic acids is 1. The van der Waals surface area contributed by atoms with E-state index in [0.717, 1.165) is 29.6 Å². The summed E-state index contributed by atoms with van der Waals surface area (Å²) in [6.45, 7) is 2.01. The van der Waals surface area contributed by atoms with Gasteiger partial charge in [-0.2, -0.15) is 0 Å². The van der Waals surface area contributed by atoms with Crippen molar-refractivity contribution in [3.8, 4) is 11.5 Å². The van der Waals surface area contributed by atoms with E-state index in [2.05, 4.69) is 4.99 Å². The average Bonchev–Trinajstić information content (AvgIpc) is 2.73. The van der Waals surface area contributed by atoms with E-state index in [1.54, 1.807) is 30.0 Å². The van der Waals surface area contributed by atoms with E-state index in [4.69, 9.17) is 21.1 Å². The number of rotatable bonds is 4. The van der Waals surface area contributed by atoms with Gasteiger partial charge in [-0.1, -0.05) is 23.4 Å². The standard InChI is InChI=1S/C20H19ClN2O3S/c21-15-3-5-16(6-4-15)23(20-22-8-1-11-27-20)13-17(24)14-2-7-18-19(12-14)26-10-9-25-18/h2-7,12H,1,8-11,13H2. The minimum atomic E-state index is -0.00389. The number of ketones is 1. The molecule has 0 atom stereocenters. The Morgan fingerprint density at radius 1 is 1.11 bits per heavy atom. The molecule has 5 nitrogen and oxygen atoms in total. The van der Waals surface area contributed by atoms with Crippen molar-refractivity contribution >= 4 is 40.0 Å². The third-order valence-corrected chi connectivity index (χ3v) is 5.67. The lowest BCUT2D eigenvalue weighted by molar-refractivity contribution is 0.100. The predicted molar refractivity (Wildman–Crippen MR) is 110 cm³/mol. The summed E-state index contributed by atoms with van der Waals surface area (Å²) in [5.74, 6) is 2.30. The van der Waals surface area contributed by atoms with Gasteiger partial charge in [-0.3, -0.25) is 9.79 Å². The quantitative estimate of drug-likeness (QED) is 0.714. The normalized spacial score (nSPS) is 15.8. The maximum Gasteiger partial charge on any atom is 0.182 e. The van der Waals surface area contributed by atoms with Crippen molar-refractivity contribution in [2.24, 2.45) is 4.99 Å². The van der Waals surface area contributed by atoms with Crippen molar-refractivity contribution in [1.82, 2.24) is 0 Å². The van der Waals surface area contributed by atoms with Crippen LogP contribution in [0.5, 0.6) is 11.5 Å². The molecule has 0 unspecified atom stereocenters. The molecule has 4 rings (SSSR count). The van der Waals surface area contributed by atoms with E-state index in [1.165, 1.54) is 0 Å². The molecule has 140 valence electrons. The van der Waals surface area contributed by atoms with Gasteiger partial charge in [-0.15, -0.1) is 0 Å². The molecule has 2 aromatic carbocycles. The van der Waals surface area contributed by atoms with Gasteiger partial charge in [0.25, 0.3) is 0 Å². The van der Waals surface area contributed by atoms with Gasteiger partial charge < -0.3 is 14.4 Å². The molecule has 2 aliphatic rings. The van der Waals surface area contributed by atoms with E-state index in [-0.39, 0.29) is 12.3 Å². The fraction of sp³-hybridized carbons (Fsp3) is 0.300. The topological polar surface area (TPSA) is 51.1 Å². The number of halogens is 1. The lowest BCUT2D eigenvalue weighted by atomic mass is 10.1. The van der Waals surface area contributed by atoms with E-state index < -0.39 is 0 Å². The SMILES string of the molecule is O=C(CN(C1=NCCCS1)c1ccc(Cl)cc1)c1ccc2c(c1)OCCO2. The molecule has 2 heterocycles. The Labute approximate surface area is 167 Å². The van der Waals surface area contributed by atoms with E-state index in [1.807, 2.05) is 29.2 Å². The zero-order valence-electron chi connectivity index (χ0n) is 14.7. The first-order valence-electron chi connectivity index (χ1n) is 8.84. The van der Waals surface area contributed by atoms with Gasteiger partial charge in [-0.25, -0.2) is 0 Å². The molecule has 0 aromatic heterocycles. The van der Waals surface area contributed by atoms with Crippen LogP contribution in [0, 0.1) is 0 Å². The van der Waals surface area contributed by atoms with Crippen molar-refractivity contribution in [2.75, 3.05) is 37.0 Å². The van der Waals surface area contributed by atoms with Gasteiger partial charge in [0.2, 0.25) is 0 Å². The van der Waals surface area contributed by atoms with Crippen LogP contribution in [0.25, 0.3) is 0 Å². The highest BCUT2D eigenvalue weighted by molar-refractivity contribution is 8.14. The molecule has 0 N–H and O–H groups in total. The molecular formula is C20H19ClN2O3S. The molecular weight excluding hydrogens is 384 g/mol. The Balaban J connectivity index is 1.60. The molecule has 27 heavy (non-hydrogen) atoms. The van der Waals surface area contributed by atoms with E-state index >= 15 is 0 Å². The smallest absolute Gasteiger partial charge is 0.182 e. The zero-order valence-corrected chi connectivity index (χ0v) is 16.3. The number of carbonyl (C=O) groups is 1. The van der Waals surface area contributed by atoms with Crippen molar-refractivity contribution in [3.63, 3.8) is 0 Å². The number of amidine groups is 1. The zero-order chi connectivity index (χ0) is 18.6. The average molecular weight is 403 g/mol. The molecule has 0 radical (unpaired) electrons. The van der Waals surface area contributed by atoms with Crippen LogP contribution in [0.2, 0.25) is 5.02 Å². The molecule has 7 heteroatoms. The van der Waals surface area contributed by atoms with Crippen LogP contribution >= 0.6 is 23.4 Å². The second-order valence-electron chi connectivity index (χ2n) is 6.21. The number of thioether (sulfide) groups is 1. The van der Waals surface area contributed by atoms with Gasteiger partial charge in [0, 0.05) is 28.6 Å². The first kappa shape index (κ1) is 18.2. The largest absolute Gasteiger partial charge is 0.486 e. The van der Waals surface area contributed by atoms with Gasteiger partial charge >= 0.3 is 0 Å². The van der Waals surface area contributed by atoms with Crippen molar-refractivity contribution in [2.45, 2.75) is 6.42 Å². The first-order valence-corrected chi connectivity index (χ1v) is 10.2. The van der Waals surface area contributed by atoms with Crippen LogP contribution in [0.1, 0.15) is 16.8 Å². The van der Waals surface area contributed by atoms with Crippen LogP contribution in [0.15, 0.2) is 47.5 Å². The summed E-state index contributed by atoms with van der Waals surface area (Å²) < 4.78 is 11.1. The van der Waals surface area contributed by atoms with Crippen LogP contribution in [-0.2, 0) is 0 Å². The number of hydrogen-bond donors (Lipinski definition) is 0. The summed E-state index contributed by atoms with van der Waals surface area (Å²) in [6.07, 6.45) is 1.05. The van der Waals surface area contributed by atoms with Crippen LogP contribution in [-0.4, -0.2) is 43.0 Å². The molecule has 0 fully saturated rings. The number of nitrogens with zero attached hydrogens (tertiary/aromatic N) is 2. The molecule has 2 aliphatic heterocycles. The second kappa shape index (κ2) is 8.23. The number of hydrogen-bond acceptors (Lipinski definition) is 6. The highest BCUT2D eigenvalue weighted by Gasteiger charge is 2.22. The number of benzene rings is 2. The summed E-state index contributed by atoms with van der Waals surface area (Å²) in [4.78, 5) is 19.6. The Kier molecular flexibility index (Phi) is 5.55. The summed E-state index contributed by atoms with van der Waals surface area (Å²) in [5, 5.41) is 1.53. The van der Waals surface area contributed by atoms with Crippen LogP contribution in [0.4, 0.5) is 5.69 Å². The highest BCUT2D eigenvalue weighted by Crippen LogP contribution is 2.31. The molecule has 2 aromatic rings. The fourth-order valence-electron chi connectivity index (χ4n) is 2.95. The molecule has 0 saturated heterocycles. The van der Waals surface area contributed by atoms with Crippen LogP contribution in [0.3, 0.4) is 0 Å². The Morgan fingerprint density at radius 2 is 1.89 bits per heavy atom. The number of anilines is 1. The maximum absolute atomic E-state index is 13.0. The van der Waals surface area contributed by atoms with Crippen molar-refractivity contribution in [1.29, 1.82) is 0 Å². The summed E-state index contributed by atoms with van der Waals surface area (Å²) in [6, 6.07) is 12.8. The van der Waals surface area contributed by atoms with Gasteiger partial charge in [0.1, 0.15) is 13.2 Å². The highest BCUT2D eigenvalue weighted by atomic mass is 35.5. The van der Waals surface area contributed by atoms with E-state index in [9.17, 15) is 4.79 Å². The predicted octanol–water partition coefficient (Wildman–Crippen LogP) is 4.29. The lowest BCUT2D eigenvalue weighted by Crippen LogP contribution is -2.35. The summed E-state index contributed by atoms with van der Waals surface area (Å²) in [5.41, 5.74) is 1.50. The van der Waals surface area contributed by atoms with Crippen molar-refractivity contribution in [3.05, 3.63) is 53.1 Å². The number of aliphatic imine (C=N–C) groups is 1. The molecule has 0 saturated carbocycles. The first-order chi connectivity index (χ1) is 13.2. The maximum atomic E-state index is 13.0. The fourth-order valence-corrected chi connectivity index (χ4v) is 4.04. The van der Waals surface area contributed by atoms with Gasteiger partial charge in [0.15, 0.2) is 22.4 Å². The molecule has 0 aliphatic carbocycles. The monoisotopic (exact) mass is 402 g/mol. The third kappa shape index (κ3) is 4.22. The van der Waals surface area contributed by atoms with Gasteiger partial charge in [-0.05, 0) is 48.9 Å². The van der Waals surface area contributed by atoms with Gasteiger partial charge in [0.05, 0.1) is 6.54 Å². The summed E-state index contributed by atoms with van der Waals surface area (Å²) in [7, 11) is 0. The third-order valence-electron chi connectivity index (χ3n) is 4.32. The number of Topliss-reactive ketones (excluding diaryl/α,β-unsaturated/α-hetero) is 1. The van der Waals surface area contributed by atoms with Crippen molar-refractivity contribution < 1.29 is 14.3 Å². The molecule has 0 amide bonds. The summed E-state index contributed by atoms with van der Waals surface area (Å²) >= 11 is 7.70. The second-order valence-corrected chi connectivity index (χ2v) is 7.71. The lowest BCUT2D eigenvalue weighted by Gasteiger charge is -2.27. The Bertz CT molecular complexity index is 870. The Hall–Kier alpha value is -2.18.